The first kappa shape index (κ1) is 31.3. The van der Waals surface area contributed by atoms with E-state index in [1.165, 1.54) is 0 Å². The van der Waals surface area contributed by atoms with Crippen molar-refractivity contribution in [2.75, 3.05) is 31.1 Å². The zero-order chi connectivity index (χ0) is 29.9. The van der Waals surface area contributed by atoms with Gasteiger partial charge in [0.05, 0.1) is 11.6 Å². The zero-order valence-electron chi connectivity index (χ0n) is 22.5. The molecule has 0 spiro atoms. The third kappa shape index (κ3) is 8.16. The molecule has 0 bridgehead atoms. The Morgan fingerprint density at radius 2 is 1.45 bits per heavy atom. The molecule has 2 aromatic carbocycles. The quantitative estimate of drug-likeness (QED) is 0.0942. The molecule has 0 amide bonds. The van der Waals surface area contributed by atoms with Crippen LogP contribution < -0.4 is 14.8 Å². The van der Waals surface area contributed by atoms with Gasteiger partial charge in [-0.2, -0.15) is 0 Å². The molecule has 40 heavy (non-hydrogen) atoms. The molecule has 1 aliphatic carbocycles. The summed E-state index contributed by atoms with van der Waals surface area (Å²) in [6, 6.07) is 19.6. The summed E-state index contributed by atoms with van der Waals surface area (Å²) in [6.45, 7) is 12.1. The monoisotopic (exact) mass is 678 g/mol. The summed E-state index contributed by atoms with van der Waals surface area (Å²) in [7, 11) is 0. The van der Waals surface area contributed by atoms with Crippen molar-refractivity contribution in [2.45, 2.75) is 27.7 Å². The number of carboxylic acid groups (broad SMARTS) is 1. The van der Waals surface area contributed by atoms with E-state index in [1.54, 1.807) is 12.1 Å². The summed E-state index contributed by atoms with van der Waals surface area (Å²) in [5, 5.41) is 11.9. The van der Waals surface area contributed by atoms with Crippen molar-refractivity contribution in [1.82, 2.24) is 4.58 Å². The van der Waals surface area contributed by atoms with E-state index in [9.17, 15) is 26.8 Å². The molecule has 218 valence electrons. The van der Waals surface area contributed by atoms with Gasteiger partial charge in [0.25, 0.3) is 0 Å². The summed E-state index contributed by atoms with van der Waals surface area (Å²) < 4.78 is 68.3. The second-order valence-electron chi connectivity index (χ2n) is 8.99. The standard InChI is InChI=1S/C28H30N2O3.6FH.Sb/c1-5-29(6-2)19-13-15-23-25(17-19)33-26-18-20(30(7-3)8-4)14-16-24(26)27(23)21-11-9-10-12-22(21)28(31)32;;;;;;;/h9-18H,5-8H2,1-4H3;6*1H;/q;;;;;;;+5/p-5. The van der Waals surface area contributed by atoms with Crippen LogP contribution in [0.3, 0.4) is 0 Å². The van der Waals surface area contributed by atoms with E-state index in [4.69, 9.17) is 4.42 Å². The molecule has 0 aromatic heterocycles. The Labute approximate surface area is 230 Å². The molecule has 5 nitrogen and oxygen atoms in total. The van der Waals surface area contributed by atoms with Gasteiger partial charge in [0.15, 0.2) is 0 Å². The third-order valence-corrected chi connectivity index (χ3v) is 6.37. The summed E-state index contributed by atoms with van der Waals surface area (Å²) in [5.74, 6) is -0.189. The molecule has 1 heterocycles. The molecule has 0 radical (unpaired) electrons. The zero-order valence-corrected chi connectivity index (χ0v) is 25.0. The Balaban J connectivity index is 0.000000559. The van der Waals surface area contributed by atoms with Gasteiger partial charge in [-0.1, -0.05) is 18.2 Å². The Hall–Kier alpha value is -3.20. The first-order valence-electron chi connectivity index (χ1n) is 12.7. The fraction of sp³-hybridized carbons (Fsp3) is 0.286. The second-order valence-corrected chi connectivity index (χ2v) is 14.5. The van der Waals surface area contributed by atoms with Crippen molar-refractivity contribution < 1.29 is 31.2 Å². The summed E-state index contributed by atoms with van der Waals surface area (Å²) in [6.07, 6.45) is 0. The van der Waals surface area contributed by atoms with Gasteiger partial charge in [-0.25, -0.2) is 9.37 Å². The number of benzene rings is 3. The van der Waals surface area contributed by atoms with Crippen LogP contribution in [0.5, 0.6) is 0 Å². The Morgan fingerprint density at radius 3 is 2.00 bits per heavy atom. The molecule has 2 aliphatic rings. The van der Waals surface area contributed by atoms with Gasteiger partial charge >= 0.3 is 42.3 Å². The summed E-state index contributed by atoms with van der Waals surface area (Å²) in [5.41, 5.74) is 4.62. The van der Waals surface area contributed by atoms with Crippen molar-refractivity contribution in [1.29, 1.82) is 0 Å². The summed E-state index contributed by atoms with van der Waals surface area (Å²) in [4.78, 5) is 14.3. The fourth-order valence-electron chi connectivity index (χ4n) is 4.62. The molecular weight excluding hydrogens is 648 g/mol. The van der Waals surface area contributed by atoms with Crippen molar-refractivity contribution >= 4 is 42.1 Å². The predicted octanol–water partition coefficient (Wildman–Crippen LogP) is 7.70. The van der Waals surface area contributed by atoms with Gasteiger partial charge in [-0.05, 0) is 57.5 Å². The number of aromatic carboxylic acids is 1. The number of hydrogen-bond acceptors (Lipinski definition) is 3. The van der Waals surface area contributed by atoms with Crippen LogP contribution in [0.4, 0.5) is 22.6 Å². The van der Waals surface area contributed by atoms with E-state index in [0.717, 1.165) is 65.1 Å². The van der Waals surface area contributed by atoms with E-state index in [2.05, 4.69) is 73.6 Å². The number of nitrogens with zero attached hydrogens (tertiary/aromatic N) is 2. The van der Waals surface area contributed by atoms with Crippen molar-refractivity contribution in [2.24, 2.45) is 0 Å². The van der Waals surface area contributed by atoms with Gasteiger partial charge < -0.3 is 14.4 Å². The van der Waals surface area contributed by atoms with Crippen LogP contribution in [-0.4, -0.2) is 56.7 Å². The molecule has 0 saturated carbocycles. The van der Waals surface area contributed by atoms with Crippen molar-refractivity contribution in [3.8, 4) is 22.5 Å². The molecule has 4 rings (SSSR count). The molecule has 1 N–H and O–H groups in total. The van der Waals surface area contributed by atoms with Crippen molar-refractivity contribution in [3.63, 3.8) is 0 Å². The number of hydrogen-bond donors (Lipinski definition) is 1. The predicted molar refractivity (Wildman–Crippen MR) is 148 cm³/mol. The SMILES string of the molecule is CCN(CC)c1ccc2c(-c3ccccc3C(=O)O)c3ccc(=[N+](CC)CC)cc-3oc2c1.[F][Sb-]([F])([F])([F])([F])[F]. The van der Waals surface area contributed by atoms with Crippen molar-refractivity contribution in [3.05, 3.63) is 71.6 Å². The molecule has 2 aromatic rings. The number of carbonyl (C=O) groups is 1. The van der Waals surface area contributed by atoms with Crippen LogP contribution in [0.15, 0.2) is 65.1 Å². The van der Waals surface area contributed by atoms with Crippen LogP contribution in [0.2, 0.25) is 0 Å². The van der Waals surface area contributed by atoms with Crippen LogP contribution in [0, 0.1) is 0 Å². The molecule has 12 heteroatoms. The molecule has 0 fully saturated rings. The Kier molecular flexibility index (Phi) is 8.61. The molecule has 1 aliphatic heterocycles. The van der Waals surface area contributed by atoms with Crippen LogP contribution in [-0.2, 0) is 0 Å². The van der Waals surface area contributed by atoms with Crippen LogP contribution in [0.1, 0.15) is 38.1 Å². The normalized spacial score (nSPS) is 13.2. The minimum absolute atomic E-state index is 0.284. The maximum atomic E-state index is 12.1. The topological polar surface area (TPSA) is 56.7 Å². The first-order chi connectivity index (χ1) is 18.5. The van der Waals surface area contributed by atoms with Gasteiger partial charge in [-0.3, -0.25) is 0 Å². The van der Waals surface area contributed by atoms with E-state index in [1.807, 2.05) is 12.1 Å². The fourth-order valence-corrected chi connectivity index (χ4v) is 4.62. The van der Waals surface area contributed by atoms with E-state index in [-0.39, 0.29) is 5.56 Å². The van der Waals surface area contributed by atoms with Gasteiger partial charge in [-0.15, -0.1) is 0 Å². The van der Waals surface area contributed by atoms with E-state index < -0.39 is 25.4 Å². The van der Waals surface area contributed by atoms with E-state index in [0.29, 0.717) is 5.56 Å². The van der Waals surface area contributed by atoms with E-state index >= 15 is 0 Å². The van der Waals surface area contributed by atoms with Crippen LogP contribution in [0.25, 0.3) is 33.4 Å². The van der Waals surface area contributed by atoms with Gasteiger partial charge in [0.1, 0.15) is 24.4 Å². The first-order valence-corrected chi connectivity index (χ1v) is 18.5. The minimum atomic E-state index is -11.2. The second kappa shape index (κ2) is 11.0. The Morgan fingerprint density at radius 1 is 0.850 bits per heavy atom. The summed E-state index contributed by atoms with van der Waals surface area (Å²) >= 11 is -11.2. The van der Waals surface area contributed by atoms with Gasteiger partial charge in [0.2, 0.25) is 5.36 Å². The number of fused-ring (bicyclic) bond motifs is 2. The molecular formula is C28H31F6N2O3Sb. The molecule has 0 saturated heterocycles. The molecule has 0 atom stereocenters. The average Bonchev–Trinajstić information content (AvgIpc) is 2.86. The number of carboxylic acids is 1. The molecule has 0 unspecified atom stereocenters. The Bertz CT molecular complexity index is 1560. The van der Waals surface area contributed by atoms with Crippen LogP contribution >= 0.6 is 0 Å². The third-order valence-electron chi connectivity index (χ3n) is 6.37. The maximum absolute atomic E-state index is 12.1. The number of rotatable bonds is 7. The average molecular weight is 679 g/mol. The van der Waals surface area contributed by atoms with Gasteiger partial charge in [0, 0.05) is 47.4 Å². The number of anilines is 1. The number of halogens is 6.